The summed E-state index contributed by atoms with van der Waals surface area (Å²) in [5, 5.41) is 38.3. The minimum absolute atomic E-state index is 0.100. The van der Waals surface area contributed by atoms with Gasteiger partial charge in [-0.15, -0.1) is 0 Å². The van der Waals surface area contributed by atoms with Crippen LogP contribution in [0.15, 0.2) is 6.07 Å². The maximum atomic E-state index is 9.80. The van der Waals surface area contributed by atoms with Gasteiger partial charge >= 0.3 is 0 Å². The molecule has 0 aliphatic carbocycles. The van der Waals surface area contributed by atoms with Crippen molar-refractivity contribution in [1.29, 1.82) is 0 Å². The third-order valence-electron chi connectivity index (χ3n) is 3.42. The fourth-order valence-electron chi connectivity index (χ4n) is 1.95. The van der Waals surface area contributed by atoms with Crippen molar-refractivity contribution in [3.05, 3.63) is 22.8 Å². The van der Waals surface area contributed by atoms with E-state index in [2.05, 4.69) is 0 Å². The predicted octanol–water partition coefficient (Wildman–Crippen LogP) is 0.499. The molecule has 0 aromatic heterocycles. The first-order valence-corrected chi connectivity index (χ1v) is 6.70. The number of hydrogen-bond donors (Lipinski definition) is 4. The Kier molecular flexibility index (Phi) is 5.98. The van der Waals surface area contributed by atoms with Crippen LogP contribution in [0.25, 0.3) is 0 Å². The second-order valence-corrected chi connectivity index (χ2v) is 5.47. The van der Waals surface area contributed by atoms with Gasteiger partial charge in [0.1, 0.15) is 24.2 Å². The van der Waals surface area contributed by atoms with Crippen molar-refractivity contribution in [2.75, 3.05) is 13.7 Å². The SMILES string of the molecule is COc1c(C)c(OC[C@@H](O)C(C)(C)O)cc(CO)c1CO. The van der Waals surface area contributed by atoms with Crippen LogP contribution in [0.1, 0.15) is 30.5 Å². The average Bonchev–Trinajstić information content (AvgIpc) is 2.43. The minimum Gasteiger partial charge on any atom is -0.496 e. The molecule has 4 N–H and O–H groups in total. The van der Waals surface area contributed by atoms with Crippen molar-refractivity contribution in [1.82, 2.24) is 0 Å². The summed E-state index contributed by atoms with van der Waals surface area (Å²) in [6.45, 7) is 4.11. The highest BCUT2D eigenvalue weighted by atomic mass is 16.5. The molecule has 0 fully saturated rings. The van der Waals surface area contributed by atoms with Crippen molar-refractivity contribution >= 4 is 0 Å². The molecule has 6 nitrogen and oxygen atoms in total. The van der Waals surface area contributed by atoms with E-state index in [4.69, 9.17) is 9.47 Å². The highest BCUT2D eigenvalue weighted by molar-refractivity contribution is 5.53. The monoisotopic (exact) mass is 300 g/mol. The number of methoxy groups -OCH3 is 1. The molecule has 1 aromatic carbocycles. The van der Waals surface area contributed by atoms with E-state index in [0.717, 1.165) is 0 Å². The van der Waals surface area contributed by atoms with Gasteiger partial charge in [-0.05, 0) is 32.4 Å². The average molecular weight is 300 g/mol. The predicted molar refractivity (Wildman–Crippen MR) is 77.4 cm³/mol. The van der Waals surface area contributed by atoms with E-state index in [0.29, 0.717) is 28.2 Å². The molecule has 0 heterocycles. The van der Waals surface area contributed by atoms with Gasteiger partial charge < -0.3 is 29.9 Å². The zero-order valence-electron chi connectivity index (χ0n) is 12.9. The molecule has 0 unspecified atom stereocenters. The van der Waals surface area contributed by atoms with Crippen molar-refractivity contribution in [3.8, 4) is 11.5 Å². The normalized spacial score (nSPS) is 13.1. The first kappa shape index (κ1) is 17.7. The van der Waals surface area contributed by atoms with E-state index >= 15 is 0 Å². The highest BCUT2D eigenvalue weighted by Crippen LogP contribution is 2.35. The summed E-state index contributed by atoms with van der Waals surface area (Å²) in [5.74, 6) is 0.869. The fourth-order valence-corrected chi connectivity index (χ4v) is 1.95. The molecule has 0 aliphatic heterocycles. The van der Waals surface area contributed by atoms with Crippen LogP contribution in [0.2, 0.25) is 0 Å². The lowest BCUT2D eigenvalue weighted by Gasteiger charge is -2.25. The minimum atomic E-state index is -1.27. The highest BCUT2D eigenvalue weighted by Gasteiger charge is 2.26. The Balaban J connectivity index is 3.08. The van der Waals surface area contributed by atoms with Gasteiger partial charge in [0.15, 0.2) is 0 Å². The van der Waals surface area contributed by atoms with E-state index in [1.807, 2.05) is 0 Å². The molecule has 0 radical (unpaired) electrons. The molecular formula is C15H24O6. The van der Waals surface area contributed by atoms with Gasteiger partial charge in [0.25, 0.3) is 0 Å². The molecule has 0 spiro atoms. The summed E-state index contributed by atoms with van der Waals surface area (Å²) in [5.41, 5.74) is 0.380. The Morgan fingerprint density at radius 2 is 1.86 bits per heavy atom. The molecule has 0 saturated carbocycles. The summed E-state index contributed by atoms with van der Waals surface area (Å²) >= 11 is 0. The second kappa shape index (κ2) is 7.09. The molecule has 0 aliphatic rings. The molecule has 1 rings (SSSR count). The lowest BCUT2D eigenvalue weighted by atomic mass is 10.0. The van der Waals surface area contributed by atoms with Gasteiger partial charge in [0.2, 0.25) is 0 Å². The third-order valence-corrected chi connectivity index (χ3v) is 3.42. The molecular weight excluding hydrogens is 276 g/mol. The Bertz CT molecular complexity index is 478. The van der Waals surface area contributed by atoms with Gasteiger partial charge in [-0.3, -0.25) is 0 Å². The van der Waals surface area contributed by atoms with Gasteiger partial charge in [0.05, 0.1) is 25.9 Å². The molecule has 1 atom stereocenters. The number of ether oxygens (including phenoxy) is 2. The smallest absolute Gasteiger partial charge is 0.131 e. The van der Waals surface area contributed by atoms with Crippen LogP contribution in [-0.4, -0.2) is 45.8 Å². The molecule has 0 saturated heterocycles. The van der Waals surface area contributed by atoms with Crippen LogP contribution < -0.4 is 9.47 Å². The summed E-state index contributed by atoms with van der Waals surface area (Å²) in [6.07, 6.45) is -1.06. The maximum Gasteiger partial charge on any atom is 0.131 e. The largest absolute Gasteiger partial charge is 0.496 e. The van der Waals surface area contributed by atoms with Crippen LogP contribution >= 0.6 is 0 Å². The lowest BCUT2D eigenvalue weighted by Crippen LogP contribution is -2.40. The van der Waals surface area contributed by atoms with Crippen molar-refractivity contribution in [2.24, 2.45) is 0 Å². The lowest BCUT2D eigenvalue weighted by molar-refractivity contribution is -0.0662. The zero-order chi connectivity index (χ0) is 16.2. The Morgan fingerprint density at radius 1 is 1.24 bits per heavy atom. The van der Waals surface area contributed by atoms with Crippen molar-refractivity contribution in [2.45, 2.75) is 45.7 Å². The topological polar surface area (TPSA) is 99.4 Å². The van der Waals surface area contributed by atoms with Gasteiger partial charge in [0, 0.05) is 11.1 Å². The van der Waals surface area contributed by atoms with Crippen LogP contribution in [0.3, 0.4) is 0 Å². The summed E-state index contributed by atoms with van der Waals surface area (Å²) in [7, 11) is 1.47. The molecule has 0 amide bonds. The first-order valence-electron chi connectivity index (χ1n) is 6.70. The molecule has 0 bridgehead atoms. The Labute approximate surface area is 124 Å². The zero-order valence-corrected chi connectivity index (χ0v) is 12.9. The van der Waals surface area contributed by atoms with Gasteiger partial charge in [-0.25, -0.2) is 0 Å². The number of rotatable bonds is 7. The number of aliphatic hydroxyl groups excluding tert-OH is 3. The van der Waals surface area contributed by atoms with Crippen LogP contribution in [0.4, 0.5) is 0 Å². The van der Waals surface area contributed by atoms with Crippen LogP contribution in [0, 0.1) is 6.92 Å². The van der Waals surface area contributed by atoms with E-state index in [-0.39, 0.29) is 19.8 Å². The fraction of sp³-hybridized carbons (Fsp3) is 0.600. The number of benzene rings is 1. The van der Waals surface area contributed by atoms with E-state index in [1.165, 1.54) is 21.0 Å². The third kappa shape index (κ3) is 4.07. The van der Waals surface area contributed by atoms with E-state index < -0.39 is 11.7 Å². The van der Waals surface area contributed by atoms with Gasteiger partial charge in [-0.2, -0.15) is 0 Å². The van der Waals surface area contributed by atoms with Crippen molar-refractivity contribution < 1.29 is 29.9 Å². The first-order chi connectivity index (χ1) is 9.76. The standard InChI is InChI=1S/C15H24O6/c1-9-12(21-8-13(18)15(2,3)19)5-10(6-16)11(7-17)14(9)20-4/h5,13,16-19H,6-8H2,1-4H3/t13-/m1/s1. The summed E-state index contributed by atoms with van der Waals surface area (Å²) in [6, 6.07) is 1.60. The second-order valence-electron chi connectivity index (χ2n) is 5.47. The maximum absolute atomic E-state index is 9.80. The molecule has 21 heavy (non-hydrogen) atoms. The van der Waals surface area contributed by atoms with Crippen LogP contribution in [0.5, 0.6) is 11.5 Å². The molecule has 6 heteroatoms. The quantitative estimate of drug-likeness (QED) is 0.585. The van der Waals surface area contributed by atoms with E-state index in [1.54, 1.807) is 13.0 Å². The number of hydrogen-bond acceptors (Lipinski definition) is 6. The van der Waals surface area contributed by atoms with Gasteiger partial charge in [-0.1, -0.05) is 0 Å². The Hall–Kier alpha value is -1.34. The van der Waals surface area contributed by atoms with Crippen molar-refractivity contribution in [3.63, 3.8) is 0 Å². The van der Waals surface area contributed by atoms with Crippen LogP contribution in [-0.2, 0) is 13.2 Å². The van der Waals surface area contributed by atoms with E-state index in [9.17, 15) is 20.4 Å². The molecule has 1 aromatic rings. The number of aliphatic hydroxyl groups is 4. The Morgan fingerprint density at radius 3 is 2.29 bits per heavy atom. The summed E-state index contributed by atoms with van der Waals surface area (Å²) in [4.78, 5) is 0. The summed E-state index contributed by atoms with van der Waals surface area (Å²) < 4.78 is 10.8. The molecule has 120 valence electrons.